The number of nitrogens with zero attached hydrogens (tertiary/aromatic N) is 2. The van der Waals surface area contributed by atoms with E-state index in [1.807, 2.05) is 0 Å². The van der Waals surface area contributed by atoms with Crippen LogP contribution in [-0.4, -0.2) is 20.9 Å². The molecule has 12 heteroatoms. The zero-order valence-corrected chi connectivity index (χ0v) is 18.3. The number of rotatable bonds is 4. The SMILES string of the molecule is O=C(NNC(=S)Nc1ccc([N+](=O)[O-])cc1)c1cc(-c2ccc(F)cc2F)nc2ccc(F)cc12. The van der Waals surface area contributed by atoms with E-state index >= 15 is 0 Å². The molecule has 4 aromatic rings. The van der Waals surface area contributed by atoms with E-state index in [2.05, 4.69) is 21.2 Å². The highest BCUT2D eigenvalue weighted by atomic mass is 32.1. The van der Waals surface area contributed by atoms with Crippen molar-refractivity contribution in [2.75, 3.05) is 5.32 Å². The number of thiocarbonyl (C=S) groups is 1. The van der Waals surface area contributed by atoms with Gasteiger partial charge >= 0.3 is 0 Å². The number of hydrazine groups is 1. The predicted molar refractivity (Wildman–Crippen MR) is 127 cm³/mol. The van der Waals surface area contributed by atoms with Gasteiger partial charge in [-0.15, -0.1) is 0 Å². The number of hydrogen-bond acceptors (Lipinski definition) is 5. The number of nitrogens with one attached hydrogen (secondary N) is 3. The third-order valence-electron chi connectivity index (χ3n) is 4.85. The van der Waals surface area contributed by atoms with Gasteiger partial charge in [0.25, 0.3) is 11.6 Å². The first-order chi connectivity index (χ1) is 16.7. The number of anilines is 1. The maximum absolute atomic E-state index is 14.3. The van der Waals surface area contributed by atoms with Gasteiger partial charge in [-0.1, -0.05) is 0 Å². The molecule has 3 N–H and O–H groups in total. The summed E-state index contributed by atoms with van der Waals surface area (Å²) < 4.78 is 41.6. The Kier molecular flexibility index (Phi) is 6.55. The van der Waals surface area contributed by atoms with E-state index in [0.717, 1.165) is 18.2 Å². The Labute approximate surface area is 200 Å². The first-order valence-corrected chi connectivity index (χ1v) is 10.3. The van der Waals surface area contributed by atoms with E-state index in [1.165, 1.54) is 42.5 Å². The van der Waals surface area contributed by atoms with Crippen LogP contribution in [0.5, 0.6) is 0 Å². The van der Waals surface area contributed by atoms with Gasteiger partial charge in [-0.05, 0) is 60.7 Å². The first kappa shape index (κ1) is 23.6. The predicted octanol–water partition coefficient (Wildman–Crippen LogP) is 4.86. The Bertz CT molecular complexity index is 1480. The van der Waals surface area contributed by atoms with Crippen molar-refractivity contribution < 1.29 is 22.9 Å². The summed E-state index contributed by atoms with van der Waals surface area (Å²) in [6.45, 7) is 0. The fourth-order valence-electron chi connectivity index (χ4n) is 3.23. The van der Waals surface area contributed by atoms with E-state index in [-0.39, 0.29) is 38.5 Å². The van der Waals surface area contributed by atoms with Crippen LogP contribution in [0.15, 0.2) is 66.7 Å². The third-order valence-corrected chi connectivity index (χ3v) is 5.05. The number of non-ortho nitro benzene ring substituents is 1. The summed E-state index contributed by atoms with van der Waals surface area (Å²) in [6, 6.07) is 13.2. The second kappa shape index (κ2) is 9.73. The molecule has 0 saturated carbocycles. The van der Waals surface area contributed by atoms with Crippen molar-refractivity contribution in [3.05, 3.63) is 99.9 Å². The molecular formula is C23H14F3N5O3S. The molecule has 1 aromatic heterocycles. The van der Waals surface area contributed by atoms with Crippen LogP contribution in [0.25, 0.3) is 22.2 Å². The Morgan fingerprint density at radius 3 is 2.29 bits per heavy atom. The molecule has 0 spiro atoms. The summed E-state index contributed by atoms with van der Waals surface area (Å²) in [6.07, 6.45) is 0. The third kappa shape index (κ3) is 5.33. The van der Waals surface area contributed by atoms with Gasteiger partial charge in [-0.25, -0.2) is 18.2 Å². The van der Waals surface area contributed by atoms with Crippen molar-refractivity contribution in [3.8, 4) is 11.3 Å². The molecule has 0 aliphatic carbocycles. The number of pyridine rings is 1. The smallest absolute Gasteiger partial charge is 0.270 e. The number of benzene rings is 3. The molecule has 0 fully saturated rings. The van der Waals surface area contributed by atoms with Gasteiger partial charge in [0.2, 0.25) is 0 Å². The van der Waals surface area contributed by atoms with E-state index < -0.39 is 28.3 Å². The molecule has 35 heavy (non-hydrogen) atoms. The minimum atomic E-state index is -0.878. The van der Waals surface area contributed by atoms with Gasteiger partial charge in [0.05, 0.1) is 21.7 Å². The van der Waals surface area contributed by atoms with E-state index in [9.17, 15) is 28.1 Å². The Hall–Kier alpha value is -4.58. The number of amides is 1. The molecule has 0 bridgehead atoms. The van der Waals surface area contributed by atoms with Crippen LogP contribution in [-0.2, 0) is 0 Å². The lowest BCUT2D eigenvalue weighted by atomic mass is 10.0. The molecule has 0 aliphatic heterocycles. The van der Waals surface area contributed by atoms with Crippen molar-refractivity contribution in [2.24, 2.45) is 0 Å². The maximum Gasteiger partial charge on any atom is 0.270 e. The molecule has 1 heterocycles. The molecule has 8 nitrogen and oxygen atoms in total. The minimum Gasteiger partial charge on any atom is -0.331 e. The van der Waals surface area contributed by atoms with Gasteiger partial charge in [0.15, 0.2) is 5.11 Å². The molecule has 0 atom stereocenters. The van der Waals surface area contributed by atoms with Gasteiger partial charge in [-0.2, -0.15) is 0 Å². The Morgan fingerprint density at radius 2 is 1.60 bits per heavy atom. The summed E-state index contributed by atoms with van der Waals surface area (Å²) in [4.78, 5) is 27.4. The summed E-state index contributed by atoms with van der Waals surface area (Å²) in [5.74, 6) is -3.00. The lowest BCUT2D eigenvalue weighted by Gasteiger charge is -2.14. The van der Waals surface area contributed by atoms with Crippen molar-refractivity contribution in [2.45, 2.75) is 0 Å². The summed E-state index contributed by atoms with van der Waals surface area (Å²) >= 11 is 5.11. The fraction of sp³-hybridized carbons (Fsp3) is 0. The number of hydrogen-bond donors (Lipinski definition) is 3. The van der Waals surface area contributed by atoms with Crippen molar-refractivity contribution in [1.82, 2.24) is 15.8 Å². The van der Waals surface area contributed by atoms with Crippen LogP contribution >= 0.6 is 12.2 Å². The highest BCUT2D eigenvalue weighted by Crippen LogP contribution is 2.27. The monoisotopic (exact) mass is 497 g/mol. The molecule has 1 amide bonds. The second-order valence-corrected chi connectivity index (χ2v) is 7.59. The summed E-state index contributed by atoms with van der Waals surface area (Å²) in [5.41, 5.74) is 5.31. The largest absolute Gasteiger partial charge is 0.331 e. The Balaban J connectivity index is 1.57. The number of aromatic nitrogens is 1. The second-order valence-electron chi connectivity index (χ2n) is 7.18. The van der Waals surface area contributed by atoms with Crippen LogP contribution in [0.1, 0.15) is 10.4 Å². The molecule has 176 valence electrons. The Morgan fingerprint density at radius 1 is 0.914 bits per heavy atom. The van der Waals surface area contributed by atoms with Gasteiger partial charge in [0.1, 0.15) is 17.5 Å². The van der Waals surface area contributed by atoms with Gasteiger partial charge in [-0.3, -0.25) is 25.8 Å². The van der Waals surface area contributed by atoms with E-state index in [4.69, 9.17) is 12.2 Å². The number of halogens is 3. The van der Waals surface area contributed by atoms with Crippen LogP contribution in [0, 0.1) is 27.6 Å². The molecule has 0 aliphatic rings. The van der Waals surface area contributed by atoms with Crippen LogP contribution in [0.4, 0.5) is 24.5 Å². The topological polar surface area (TPSA) is 109 Å². The molecule has 0 radical (unpaired) electrons. The van der Waals surface area contributed by atoms with Gasteiger partial charge in [0, 0.05) is 34.8 Å². The minimum absolute atomic E-state index is 0.0401. The average Bonchev–Trinajstić information content (AvgIpc) is 2.82. The summed E-state index contributed by atoms with van der Waals surface area (Å²) in [7, 11) is 0. The molecule has 4 rings (SSSR count). The van der Waals surface area contributed by atoms with Gasteiger partial charge < -0.3 is 5.32 Å². The molecular weight excluding hydrogens is 483 g/mol. The lowest BCUT2D eigenvalue weighted by molar-refractivity contribution is -0.384. The molecule has 0 saturated heterocycles. The highest BCUT2D eigenvalue weighted by molar-refractivity contribution is 7.80. The molecule has 0 unspecified atom stereocenters. The van der Waals surface area contributed by atoms with Crippen LogP contribution in [0.3, 0.4) is 0 Å². The van der Waals surface area contributed by atoms with Crippen LogP contribution in [0.2, 0.25) is 0 Å². The number of carbonyl (C=O) groups is 1. The van der Waals surface area contributed by atoms with Crippen molar-refractivity contribution in [3.63, 3.8) is 0 Å². The zero-order valence-electron chi connectivity index (χ0n) is 17.5. The highest BCUT2D eigenvalue weighted by Gasteiger charge is 2.17. The maximum atomic E-state index is 14.3. The van der Waals surface area contributed by atoms with Crippen molar-refractivity contribution >= 4 is 45.5 Å². The standard InChI is InChI=1S/C23H14F3N5O3S/c24-12-2-8-20-17(9-12)18(11-21(28-20)16-7-1-13(25)10-19(16)26)22(32)29-30-23(35)27-14-3-5-15(6-4-14)31(33)34/h1-11H,(H,29,32)(H2,27,30,35). The lowest BCUT2D eigenvalue weighted by Crippen LogP contribution is -2.43. The summed E-state index contributed by atoms with van der Waals surface area (Å²) in [5, 5.41) is 13.6. The van der Waals surface area contributed by atoms with E-state index in [1.54, 1.807) is 0 Å². The number of carbonyl (C=O) groups excluding carboxylic acids is 1. The quantitative estimate of drug-likeness (QED) is 0.210. The zero-order chi connectivity index (χ0) is 25.1. The van der Waals surface area contributed by atoms with E-state index in [0.29, 0.717) is 11.8 Å². The normalized spacial score (nSPS) is 10.6. The molecule has 3 aromatic carbocycles. The first-order valence-electron chi connectivity index (χ1n) is 9.89. The van der Waals surface area contributed by atoms with Crippen molar-refractivity contribution in [1.29, 1.82) is 0 Å². The number of fused-ring (bicyclic) bond motifs is 1. The fourth-order valence-corrected chi connectivity index (χ4v) is 3.40. The van der Waals surface area contributed by atoms with Crippen LogP contribution < -0.4 is 16.2 Å². The number of nitro groups is 1. The average molecular weight is 497 g/mol. The number of nitro benzene ring substituents is 1.